The molecule has 0 radical (unpaired) electrons. The fourth-order valence-corrected chi connectivity index (χ4v) is 10.1. The second-order valence-corrected chi connectivity index (χ2v) is 19.4. The van der Waals surface area contributed by atoms with Crippen LogP contribution in [0.15, 0.2) is 70.6 Å². The van der Waals surface area contributed by atoms with Gasteiger partial charge in [-0.05, 0) is 72.5 Å². The van der Waals surface area contributed by atoms with Gasteiger partial charge in [0.1, 0.15) is 36.0 Å². The molecule has 0 saturated carbocycles. The third kappa shape index (κ3) is 11.3. The number of rotatable bonds is 12. The van der Waals surface area contributed by atoms with E-state index in [1.807, 2.05) is 72.4 Å². The third-order valence-corrected chi connectivity index (χ3v) is 14.1. The summed E-state index contributed by atoms with van der Waals surface area (Å²) < 4.78 is 22.9. The highest BCUT2D eigenvalue weighted by molar-refractivity contribution is 7.18. The number of nitriles is 2. The first-order valence-electron chi connectivity index (χ1n) is 21.0. The first kappa shape index (κ1) is 48.4. The average molecular weight is 974 g/mol. The molecule has 4 saturated heterocycles. The van der Waals surface area contributed by atoms with Crippen molar-refractivity contribution in [3.63, 3.8) is 0 Å². The van der Waals surface area contributed by atoms with Crippen molar-refractivity contribution in [3.05, 3.63) is 101 Å². The number of amides is 2. The number of hydrogen-bond donors (Lipinski definition) is 2. The molecule has 4 fully saturated rings. The van der Waals surface area contributed by atoms with Gasteiger partial charge in [0, 0.05) is 63.4 Å². The van der Waals surface area contributed by atoms with Crippen molar-refractivity contribution < 1.29 is 38.1 Å². The Hall–Kier alpha value is -5.54. The predicted octanol–water partition coefficient (Wildman–Crippen LogP) is 6.25. The van der Waals surface area contributed by atoms with Gasteiger partial charge in [-0.3, -0.25) is 19.2 Å². The van der Waals surface area contributed by atoms with Gasteiger partial charge in [0.15, 0.2) is 11.6 Å². The number of benzene rings is 2. The van der Waals surface area contributed by atoms with Crippen molar-refractivity contribution in [2.45, 2.75) is 50.6 Å². The summed E-state index contributed by atoms with van der Waals surface area (Å²) in [5.41, 5.74) is 3.33. The summed E-state index contributed by atoms with van der Waals surface area (Å²) in [5, 5.41) is 23.7. The van der Waals surface area contributed by atoms with Gasteiger partial charge in [0.2, 0.25) is 12.4 Å². The molecule has 2 aromatic heterocycles. The van der Waals surface area contributed by atoms with Crippen LogP contribution in [0.25, 0.3) is 0 Å². The highest BCUT2D eigenvalue weighted by Gasteiger charge is 2.44. The molecule has 6 heterocycles. The Morgan fingerprint density at radius 1 is 0.652 bits per heavy atom. The van der Waals surface area contributed by atoms with Gasteiger partial charge < -0.3 is 39.4 Å². The summed E-state index contributed by atoms with van der Waals surface area (Å²) in [6.45, 7) is 7.88. The maximum absolute atomic E-state index is 13.3. The molecule has 0 spiro atoms. The number of thiophene rings is 2. The van der Waals surface area contributed by atoms with Gasteiger partial charge in [-0.1, -0.05) is 47.5 Å². The summed E-state index contributed by atoms with van der Waals surface area (Å²) in [6.07, 6.45) is 4.84. The number of aliphatic imine (C=N–C) groups is 2. The SMILES string of the molecule is Cc1cc(CC(=O)[C@@]2(NC(=O)c3ccc(Cl)s3)CCOC2)ccc1N1CCOCC1=NC#N.Cc1cc(CC(=O)[C@]2(NC(=O)c3ccc(Cl)s3)CCOC2)ccc1N1CCOCC1=NC#N. The molecule has 4 aliphatic heterocycles. The molecule has 0 aliphatic carbocycles. The fraction of sp³-hybridized carbons (Fsp3) is 0.391. The number of ketones is 2. The van der Waals surface area contributed by atoms with Crippen LogP contribution in [0, 0.1) is 36.8 Å². The quantitative estimate of drug-likeness (QED) is 0.151. The van der Waals surface area contributed by atoms with Crippen LogP contribution in [-0.2, 0) is 41.4 Å². The first-order chi connectivity index (χ1) is 31.8. The zero-order valence-corrected chi connectivity index (χ0v) is 39.3. The van der Waals surface area contributed by atoms with Crippen molar-refractivity contribution >= 4 is 92.3 Å². The number of nitrogens with zero attached hydrogens (tertiary/aromatic N) is 6. The molecule has 16 nitrogen and oxygen atoms in total. The molecular formula is C46H46Cl2N8O8S2. The lowest BCUT2D eigenvalue weighted by Gasteiger charge is -2.31. The molecular weight excluding hydrogens is 928 g/mol. The van der Waals surface area contributed by atoms with Crippen LogP contribution in [0.2, 0.25) is 8.67 Å². The topological polar surface area (TPSA) is 208 Å². The highest BCUT2D eigenvalue weighted by Crippen LogP contribution is 2.30. The van der Waals surface area contributed by atoms with Crippen LogP contribution < -0.4 is 20.4 Å². The predicted molar refractivity (Wildman–Crippen MR) is 252 cm³/mol. The van der Waals surface area contributed by atoms with Crippen LogP contribution in [-0.4, -0.2) is 112 Å². The molecule has 8 rings (SSSR count). The van der Waals surface area contributed by atoms with Crippen molar-refractivity contribution in [2.75, 3.05) is 75.7 Å². The van der Waals surface area contributed by atoms with E-state index in [1.165, 1.54) is 22.7 Å². The number of carbonyl (C=O) groups excluding carboxylic acids is 4. The minimum Gasteiger partial charge on any atom is -0.378 e. The molecule has 2 aromatic carbocycles. The summed E-state index contributed by atoms with van der Waals surface area (Å²) in [4.78, 5) is 64.7. The van der Waals surface area contributed by atoms with Crippen molar-refractivity contribution in [1.82, 2.24) is 10.6 Å². The number of morpholine rings is 2. The van der Waals surface area contributed by atoms with E-state index in [0.717, 1.165) is 33.6 Å². The van der Waals surface area contributed by atoms with Gasteiger partial charge in [-0.15, -0.1) is 22.7 Å². The summed E-state index contributed by atoms with van der Waals surface area (Å²) in [7, 11) is 0. The van der Waals surface area contributed by atoms with Crippen LogP contribution in [0.5, 0.6) is 0 Å². The van der Waals surface area contributed by atoms with Gasteiger partial charge in [-0.25, -0.2) is 0 Å². The first-order valence-corrected chi connectivity index (χ1v) is 23.4. The number of halogens is 2. The van der Waals surface area contributed by atoms with E-state index in [1.54, 1.807) is 24.3 Å². The lowest BCUT2D eigenvalue weighted by atomic mass is 9.88. The van der Waals surface area contributed by atoms with E-state index in [-0.39, 0.29) is 62.7 Å². The molecule has 344 valence electrons. The van der Waals surface area contributed by atoms with Crippen molar-refractivity contribution in [1.29, 1.82) is 10.5 Å². The van der Waals surface area contributed by atoms with E-state index < -0.39 is 11.1 Å². The smallest absolute Gasteiger partial charge is 0.262 e. The monoisotopic (exact) mass is 972 g/mol. The molecule has 20 heteroatoms. The molecule has 2 N–H and O–H groups in total. The number of aryl methyl sites for hydroxylation is 2. The molecule has 66 heavy (non-hydrogen) atoms. The number of nitrogens with one attached hydrogen (secondary N) is 2. The maximum Gasteiger partial charge on any atom is 0.262 e. The van der Waals surface area contributed by atoms with E-state index in [9.17, 15) is 19.2 Å². The Labute approximate surface area is 399 Å². The molecule has 4 aromatic rings. The Morgan fingerprint density at radius 3 is 1.41 bits per heavy atom. The van der Waals surface area contributed by atoms with E-state index in [2.05, 4.69) is 20.6 Å². The summed E-state index contributed by atoms with van der Waals surface area (Å²) in [6, 6.07) is 18.2. The number of amidine groups is 2. The average Bonchev–Trinajstić information content (AvgIpc) is 4.15. The van der Waals surface area contributed by atoms with Crippen LogP contribution in [0.4, 0.5) is 11.4 Å². The standard InChI is InChI=1S/2C23H23ClN4O4S/c2*1-15-10-16(2-3-17(15)28-7-9-31-12-21(28)26-14-25)11-19(29)23(6-8-32-13-23)27-22(30)18-4-5-20(24)33-18/h2*2-5,10H,6-9,11-13H2,1H3,(H,27,30)/t2*23-/m10/s1. The lowest BCUT2D eigenvalue weighted by molar-refractivity contribution is -0.125. The number of Topliss-reactive ketones (excluding diaryl/α,β-unsaturated/α-hetero) is 2. The van der Waals surface area contributed by atoms with Gasteiger partial charge in [0.05, 0.1) is 44.9 Å². The van der Waals surface area contributed by atoms with Gasteiger partial charge in [0.25, 0.3) is 11.8 Å². The maximum atomic E-state index is 13.3. The van der Waals surface area contributed by atoms with Crippen LogP contribution in [0.1, 0.15) is 54.4 Å². The van der Waals surface area contributed by atoms with E-state index >= 15 is 0 Å². The number of anilines is 2. The highest BCUT2D eigenvalue weighted by atomic mass is 35.5. The zero-order valence-electron chi connectivity index (χ0n) is 36.2. The largest absolute Gasteiger partial charge is 0.378 e. The molecule has 4 aliphatic rings. The normalized spacial score (nSPS) is 21.7. The Balaban J connectivity index is 0.000000196. The number of ether oxygens (including phenoxy) is 4. The lowest BCUT2D eigenvalue weighted by Crippen LogP contribution is -2.55. The molecule has 2 atom stereocenters. The third-order valence-electron chi connectivity index (χ3n) is 11.6. The van der Waals surface area contributed by atoms with Crippen LogP contribution >= 0.6 is 45.9 Å². The Morgan fingerprint density at radius 2 is 1.08 bits per heavy atom. The number of hydrogen-bond acceptors (Lipinski definition) is 14. The number of carbonyl (C=O) groups is 4. The fourth-order valence-electron chi connectivity index (χ4n) is 8.18. The molecule has 0 unspecified atom stereocenters. The van der Waals surface area contributed by atoms with E-state index in [4.69, 9.17) is 52.7 Å². The van der Waals surface area contributed by atoms with Crippen LogP contribution in [0.3, 0.4) is 0 Å². The van der Waals surface area contributed by atoms with Crippen molar-refractivity contribution in [3.8, 4) is 12.4 Å². The summed E-state index contributed by atoms with van der Waals surface area (Å²) in [5.74, 6) is 0.286. The van der Waals surface area contributed by atoms with Gasteiger partial charge in [-0.2, -0.15) is 20.5 Å². The molecule has 0 bridgehead atoms. The Kier molecular flexibility index (Phi) is 16.0. The Bertz CT molecular complexity index is 2450. The van der Waals surface area contributed by atoms with Crippen molar-refractivity contribution in [2.24, 2.45) is 9.98 Å². The van der Waals surface area contributed by atoms with Gasteiger partial charge >= 0.3 is 0 Å². The summed E-state index contributed by atoms with van der Waals surface area (Å²) >= 11 is 14.2. The van der Waals surface area contributed by atoms with E-state index in [0.29, 0.717) is 82.5 Å². The zero-order chi connectivity index (χ0) is 46.8. The second kappa shape index (κ2) is 21.8. The minimum absolute atomic E-state index is 0.0961. The second-order valence-electron chi connectivity index (χ2n) is 16.0. The minimum atomic E-state index is -1.06. The molecule has 2 amide bonds.